The summed E-state index contributed by atoms with van der Waals surface area (Å²) < 4.78 is 4.26. The third-order valence-electron chi connectivity index (χ3n) is 3.15. The summed E-state index contributed by atoms with van der Waals surface area (Å²) in [6, 6.07) is 0. The van der Waals surface area contributed by atoms with Gasteiger partial charge in [0.15, 0.2) is 0 Å². The van der Waals surface area contributed by atoms with Crippen LogP contribution in [-0.4, -0.2) is 13.1 Å². The zero-order chi connectivity index (χ0) is 13.5. The highest BCUT2D eigenvalue weighted by atomic mass is 16.5. The van der Waals surface area contributed by atoms with Crippen molar-refractivity contribution < 1.29 is 9.53 Å². The lowest BCUT2D eigenvalue weighted by molar-refractivity contribution is -0.134. The van der Waals surface area contributed by atoms with Gasteiger partial charge in [0, 0.05) is 6.08 Å². The molecule has 0 aromatic carbocycles. The number of hydrogen-bond acceptors (Lipinski definition) is 2. The van der Waals surface area contributed by atoms with Crippen molar-refractivity contribution in [1.29, 1.82) is 0 Å². The molecule has 1 rings (SSSR count). The van der Waals surface area contributed by atoms with Gasteiger partial charge < -0.3 is 4.74 Å². The summed E-state index contributed by atoms with van der Waals surface area (Å²) in [5.74, 6) is -0.303. The lowest BCUT2D eigenvalue weighted by Crippen LogP contribution is -2.16. The molecule has 0 atom stereocenters. The van der Waals surface area contributed by atoms with Gasteiger partial charge in [-0.3, -0.25) is 0 Å². The summed E-state index contributed by atoms with van der Waals surface area (Å²) in [7, 11) is 1.35. The Bertz CT molecular complexity index is 309. The minimum Gasteiger partial charge on any atom is -0.466 e. The van der Waals surface area contributed by atoms with E-state index in [1.54, 1.807) is 24.1 Å². The molecule has 17 heavy (non-hydrogen) atoms. The minimum atomic E-state index is -0.303. The van der Waals surface area contributed by atoms with Crippen LogP contribution in [0.25, 0.3) is 0 Å². The first-order valence-corrected chi connectivity index (χ1v) is 6.18. The van der Waals surface area contributed by atoms with E-state index in [0.29, 0.717) is 5.41 Å². The maximum atomic E-state index is 10.1. The number of allylic oxidation sites excluding steroid dienone is 3. The predicted octanol–water partition coefficient (Wildman–Crippen LogP) is 4.27. The molecule has 0 N–H and O–H groups in total. The molecular weight excluding hydrogens is 212 g/mol. The second-order valence-corrected chi connectivity index (χ2v) is 5.42. The largest absolute Gasteiger partial charge is 0.466 e. The topological polar surface area (TPSA) is 26.3 Å². The SMILES string of the molecule is C/C=C/C(=O)OC.CC1=C(C)CC(C)(C)CC1. The Morgan fingerprint density at radius 1 is 1.29 bits per heavy atom. The molecule has 1 aliphatic rings. The molecule has 2 heteroatoms. The molecular formula is C15H26O2. The third kappa shape index (κ3) is 6.98. The molecule has 1 aliphatic carbocycles. The van der Waals surface area contributed by atoms with E-state index < -0.39 is 0 Å². The molecule has 0 unspecified atom stereocenters. The van der Waals surface area contributed by atoms with Crippen molar-refractivity contribution in [3.8, 4) is 0 Å². The van der Waals surface area contributed by atoms with Crippen LogP contribution in [0.3, 0.4) is 0 Å². The first kappa shape index (κ1) is 16.0. The minimum absolute atomic E-state index is 0.303. The normalized spacial score (nSPS) is 18.7. The predicted molar refractivity (Wildman–Crippen MR) is 72.8 cm³/mol. The summed E-state index contributed by atoms with van der Waals surface area (Å²) in [4.78, 5) is 10.1. The van der Waals surface area contributed by atoms with Crippen molar-refractivity contribution in [3.05, 3.63) is 23.3 Å². The van der Waals surface area contributed by atoms with E-state index in [-0.39, 0.29) is 5.97 Å². The van der Waals surface area contributed by atoms with Crippen LogP contribution >= 0.6 is 0 Å². The Morgan fingerprint density at radius 2 is 1.88 bits per heavy atom. The Morgan fingerprint density at radius 3 is 2.18 bits per heavy atom. The summed E-state index contributed by atoms with van der Waals surface area (Å²) in [6.07, 6.45) is 6.99. The monoisotopic (exact) mass is 238 g/mol. The van der Waals surface area contributed by atoms with E-state index in [4.69, 9.17) is 0 Å². The molecule has 0 bridgehead atoms. The highest BCUT2D eigenvalue weighted by Gasteiger charge is 2.22. The van der Waals surface area contributed by atoms with Gasteiger partial charge in [0.05, 0.1) is 7.11 Å². The van der Waals surface area contributed by atoms with Crippen LogP contribution < -0.4 is 0 Å². The summed E-state index contributed by atoms with van der Waals surface area (Å²) in [6.45, 7) is 11.0. The number of carbonyl (C=O) groups excluding carboxylic acids is 1. The molecule has 0 aromatic heterocycles. The highest BCUT2D eigenvalue weighted by Crippen LogP contribution is 2.37. The van der Waals surface area contributed by atoms with Gasteiger partial charge in [-0.25, -0.2) is 4.79 Å². The summed E-state index contributed by atoms with van der Waals surface area (Å²) >= 11 is 0. The maximum Gasteiger partial charge on any atom is 0.330 e. The number of methoxy groups -OCH3 is 1. The van der Waals surface area contributed by atoms with Crippen molar-refractivity contribution in [2.45, 2.75) is 53.9 Å². The second kappa shape index (κ2) is 7.31. The van der Waals surface area contributed by atoms with Crippen molar-refractivity contribution in [1.82, 2.24) is 0 Å². The molecule has 0 amide bonds. The van der Waals surface area contributed by atoms with E-state index in [1.807, 2.05) is 0 Å². The van der Waals surface area contributed by atoms with Gasteiger partial charge in [-0.15, -0.1) is 0 Å². The molecule has 0 radical (unpaired) electrons. The third-order valence-corrected chi connectivity index (χ3v) is 3.15. The van der Waals surface area contributed by atoms with Crippen molar-refractivity contribution >= 4 is 5.97 Å². The second-order valence-electron chi connectivity index (χ2n) is 5.42. The number of hydrogen-bond donors (Lipinski definition) is 0. The van der Waals surface area contributed by atoms with E-state index in [2.05, 4.69) is 32.4 Å². The number of esters is 1. The molecule has 0 fully saturated rings. The van der Waals surface area contributed by atoms with Crippen molar-refractivity contribution in [2.24, 2.45) is 5.41 Å². The van der Waals surface area contributed by atoms with Gasteiger partial charge in [0.25, 0.3) is 0 Å². The van der Waals surface area contributed by atoms with Gasteiger partial charge in [0.2, 0.25) is 0 Å². The number of carbonyl (C=O) groups is 1. The average Bonchev–Trinajstić information content (AvgIpc) is 2.25. The molecule has 0 saturated heterocycles. The zero-order valence-corrected chi connectivity index (χ0v) is 12.1. The molecule has 0 saturated carbocycles. The van der Waals surface area contributed by atoms with Crippen molar-refractivity contribution in [3.63, 3.8) is 0 Å². The molecule has 0 spiro atoms. The van der Waals surface area contributed by atoms with Crippen LogP contribution in [-0.2, 0) is 9.53 Å². The smallest absolute Gasteiger partial charge is 0.330 e. The molecule has 0 aliphatic heterocycles. The summed E-state index contributed by atoms with van der Waals surface area (Å²) in [5, 5.41) is 0. The van der Waals surface area contributed by atoms with Crippen LogP contribution in [0.2, 0.25) is 0 Å². The van der Waals surface area contributed by atoms with Crippen LogP contribution in [0.1, 0.15) is 53.9 Å². The quantitative estimate of drug-likeness (QED) is 0.387. The highest BCUT2D eigenvalue weighted by molar-refractivity contribution is 5.81. The van der Waals surface area contributed by atoms with E-state index in [0.717, 1.165) is 0 Å². The van der Waals surface area contributed by atoms with Crippen LogP contribution in [0.5, 0.6) is 0 Å². The van der Waals surface area contributed by atoms with Gasteiger partial charge >= 0.3 is 5.97 Å². The van der Waals surface area contributed by atoms with Gasteiger partial charge in [-0.1, -0.05) is 31.1 Å². The lowest BCUT2D eigenvalue weighted by atomic mass is 9.75. The summed E-state index contributed by atoms with van der Waals surface area (Å²) in [5.41, 5.74) is 3.82. The standard InChI is InChI=1S/C10H18.C5H8O2/c1-8-5-6-10(3,4)7-9(8)2;1-3-4-5(6)7-2/h5-7H2,1-4H3;3-4H,1-2H3/b;4-3+. The van der Waals surface area contributed by atoms with Gasteiger partial charge in [0.1, 0.15) is 0 Å². The fourth-order valence-corrected chi connectivity index (χ4v) is 1.90. The van der Waals surface area contributed by atoms with E-state index in [9.17, 15) is 4.79 Å². The van der Waals surface area contributed by atoms with E-state index in [1.165, 1.54) is 32.4 Å². The molecule has 0 heterocycles. The Balaban J connectivity index is 0.000000325. The Kier molecular flexibility index (Phi) is 6.86. The zero-order valence-electron chi connectivity index (χ0n) is 12.1. The molecule has 2 nitrogen and oxygen atoms in total. The maximum absolute atomic E-state index is 10.1. The van der Waals surface area contributed by atoms with Crippen molar-refractivity contribution in [2.75, 3.05) is 7.11 Å². The molecule has 98 valence electrons. The lowest BCUT2D eigenvalue weighted by Gasteiger charge is -2.30. The average molecular weight is 238 g/mol. The first-order chi connectivity index (χ1) is 7.82. The number of ether oxygens (including phenoxy) is 1. The first-order valence-electron chi connectivity index (χ1n) is 6.18. The number of rotatable bonds is 1. The van der Waals surface area contributed by atoms with Crippen LogP contribution in [0.15, 0.2) is 23.3 Å². The fourth-order valence-electron chi connectivity index (χ4n) is 1.90. The van der Waals surface area contributed by atoms with Crippen LogP contribution in [0.4, 0.5) is 0 Å². The van der Waals surface area contributed by atoms with Crippen LogP contribution in [0, 0.1) is 5.41 Å². The molecule has 0 aromatic rings. The fraction of sp³-hybridized carbons (Fsp3) is 0.667. The Labute approximate surface area is 106 Å². The Hall–Kier alpha value is -1.05. The van der Waals surface area contributed by atoms with Gasteiger partial charge in [-0.2, -0.15) is 0 Å². The van der Waals surface area contributed by atoms with Gasteiger partial charge in [-0.05, 0) is 45.4 Å². The van der Waals surface area contributed by atoms with E-state index >= 15 is 0 Å².